The molecular weight excluding hydrogens is 363 g/mol. The summed E-state index contributed by atoms with van der Waals surface area (Å²) in [6.07, 6.45) is 4.90. The van der Waals surface area contributed by atoms with Crippen LogP contribution < -0.4 is 16.0 Å². The Kier molecular flexibility index (Phi) is 4.89. The minimum atomic E-state index is -0.529. The van der Waals surface area contributed by atoms with Crippen molar-refractivity contribution >= 4 is 17.6 Å². The Hall–Kier alpha value is -3.10. The number of nitrogens with zero attached hydrogens (tertiary/aromatic N) is 3. The highest BCUT2D eigenvalue weighted by molar-refractivity contribution is 5.96. The van der Waals surface area contributed by atoms with Gasteiger partial charge in [-0.1, -0.05) is 6.42 Å². The number of hydrogen-bond acceptors (Lipinski definition) is 6. The van der Waals surface area contributed by atoms with Gasteiger partial charge < -0.3 is 16.0 Å². The topological polar surface area (TPSA) is 109 Å². The molecule has 0 bridgehead atoms. The van der Waals surface area contributed by atoms with Gasteiger partial charge in [0.15, 0.2) is 5.69 Å². The molecule has 146 valence electrons. The molecule has 1 atom stereocenters. The highest BCUT2D eigenvalue weighted by atomic mass is 19.1. The van der Waals surface area contributed by atoms with E-state index in [4.69, 9.17) is 0 Å². The Balaban J connectivity index is 1.39. The monoisotopic (exact) mass is 384 g/mol. The third kappa shape index (κ3) is 3.51. The van der Waals surface area contributed by atoms with Crippen LogP contribution in [0.5, 0.6) is 0 Å². The van der Waals surface area contributed by atoms with Gasteiger partial charge in [-0.2, -0.15) is 0 Å². The van der Waals surface area contributed by atoms with Crippen LogP contribution in [0, 0.1) is 5.82 Å². The second-order valence-electron chi connectivity index (χ2n) is 7.23. The van der Waals surface area contributed by atoms with Crippen molar-refractivity contribution in [1.82, 2.24) is 25.8 Å². The third-order valence-electron chi connectivity index (χ3n) is 5.43. The van der Waals surface area contributed by atoms with Crippen molar-refractivity contribution in [2.24, 2.45) is 0 Å². The summed E-state index contributed by atoms with van der Waals surface area (Å²) in [6.45, 7) is 1.04. The molecule has 2 fully saturated rings. The van der Waals surface area contributed by atoms with Crippen LogP contribution in [-0.2, 0) is 10.2 Å². The molecule has 3 heterocycles. The van der Waals surface area contributed by atoms with Crippen LogP contribution in [0.3, 0.4) is 0 Å². The Morgan fingerprint density at radius 3 is 2.75 bits per heavy atom. The van der Waals surface area contributed by atoms with Crippen LogP contribution in [0.25, 0.3) is 0 Å². The molecule has 2 aliphatic rings. The molecule has 2 aromatic heterocycles. The lowest BCUT2D eigenvalue weighted by Gasteiger charge is -2.41. The Morgan fingerprint density at radius 2 is 2.14 bits per heavy atom. The average Bonchev–Trinajstić information content (AvgIpc) is 3.07. The molecule has 9 heteroatoms. The molecular formula is C19H21FN6O2. The van der Waals surface area contributed by atoms with Crippen LogP contribution in [0.15, 0.2) is 30.5 Å². The lowest BCUT2D eigenvalue weighted by Crippen LogP contribution is -2.42. The van der Waals surface area contributed by atoms with Gasteiger partial charge >= 0.3 is 0 Å². The molecule has 1 aliphatic carbocycles. The summed E-state index contributed by atoms with van der Waals surface area (Å²) in [5.41, 5.74) is 0.269. The van der Waals surface area contributed by atoms with Crippen LogP contribution >= 0.6 is 0 Å². The maximum Gasteiger partial charge on any atom is 0.272 e. The van der Waals surface area contributed by atoms with E-state index in [1.54, 1.807) is 24.4 Å². The van der Waals surface area contributed by atoms with E-state index >= 15 is 0 Å². The summed E-state index contributed by atoms with van der Waals surface area (Å²) in [6, 6.07) is 5.69. The fraction of sp³-hybridized carbons (Fsp3) is 0.421. The van der Waals surface area contributed by atoms with E-state index in [0.29, 0.717) is 31.0 Å². The maximum absolute atomic E-state index is 14.2. The average molecular weight is 384 g/mol. The van der Waals surface area contributed by atoms with Gasteiger partial charge in [0.2, 0.25) is 5.91 Å². The van der Waals surface area contributed by atoms with Crippen molar-refractivity contribution in [3.63, 3.8) is 0 Å². The van der Waals surface area contributed by atoms with Crippen molar-refractivity contribution in [1.29, 1.82) is 0 Å². The number of hydrogen-bond donors (Lipinski definition) is 3. The van der Waals surface area contributed by atoms with Gasteiger partial charge in [0.05, 0.1) is 5.69 Å². The highest BCUT2D eigenvalue weighted by Gasteiger charge is 2.41. The predicted octanol–water partition coefficient (Wildman–Crippen LogP) is 1.16. The smallest absolute Gasteiger partial charge is 0.272 e. The van der Waals surface area contributed by atoms with Gasteiger partial charge in [-0.25, -0.2) is 4.39 Å². The Morgan fingerprint density at radius 1 is 1.29 bits per heavy atom. The van der Waals surface area contributed by atoms with Crippen LogP contribution in [-0.4, -0.2) is 46.1 Å². The zero-order valence-corrected chi connectivity index (χ0v) is 15.2. The summed E-state index contributed by atoms with van der Waals surface area (Å²) in [4.78, 5) is 28.0. The molecule has 0 aromatic carbocycles. The molecule has 0 spiro atoms. The molecule has 2 amide bonds. The Labute approximate surface area is 161 Å². The normalized spacial score (nSPS) is 20.2. The van der Waals surface area contributed by atoms with Crippen LogP contribution in [0.1, 0.15) is 41.9 Å². The first kappa shape index (κ1) is 18.3. The van der Waals surface area contributed by atoms with E-state index in [2.05, 4.69) is 31.1 Å². The van der Waals surface area contributed by atoms with Gasteiger partial charge in [-0.3, -0.25) is 14.6 Å². The van der Waals surface area contributed by atoms with E-state index in [1.807, 2.05) is 0 Å². The number of pyridine rings is 1. The first-order chi connectivity index (χ1) is 13.6. The fourth-order valence-corrected chi connectivity index (χ4v) is 3.65. The van der Waals surface area contributed by atoms with E-state index in [1.165, 1.54) is 6.07 Å². The van der Waals surface area contributed by atoms with Crippen molar-refractivity contribution in [3.05, 3.63) is 47.7 Å². The first-order valence-electron chi connectivity index (χ1n) is 9.35. The molecule has 1 saturated heterocycles. The maximum atomic E-state index is 14.2. The number of rotatable bonds is 6. The minimum Gasteiger partial charge on any atom is -0.368 e. The number of carbonyl (C=O) groups is 2. The molecule has 3 N–H and O–H groups in total. The number of nitrogens with one attached hydrogen (secondary N) is 3. The van der Waals surface area contributed by atoms with Gasteiger partial charge in [0.1, 0.15) is 17.7 Å². The lowest BCUT2D eigenvalue weighted by molar-refractivity contribution is -0.120. The first-order valence-corrected chi connectivity index (χ1v) is 9.35. The Bertz CT molecular complexity index is 884. The largest absolute Gasteiger partial charge is 0.368 e. The molecule has 1 saturated carbocycles. The lowest BCUT2D eigenvalue weighted by atomic mass is 9.66. The van der Waals surface area contributed by atoms with Crippen molar-refractivity contribution in [2.45, 2.75) is 37.1 Å². The van der Waals surface area contributed by atoms with Gasteiger partial charge in [-0.15, -0.1) is 10.2 Å². The quantitative estimate of drug-likeness (QED) is 0.690. The molecule has 8 nitrogen and oxygen atoms in total. The van der Waals surface area contributed by atoms with Crippen LogP contribution in [0.4, 0.5) is 10.2 Å². The number of anilines is 1. The molecule has 2 aromatic rings. The minimum absolute atomic E-state index is 0.138. The SMILES string of the molecule is O=C(N[C@H]1CCNC1=O)c1ccc(NCC2(c3ncccc3F)CCC2)nn1. The molecule has 0 unspecified atom stereocenters. The molecule has 4 rings (SSSR count). The van der Waals surface area contributed by atoms with E-state index in [9.17, 15) is 14.0 Å². The molecule has 28 heavy (non-hydrogen) atoms. The third-order valence-corrected chi connectivity index (χ3v) is 5.43. The van der Waals surface area contributed by atoms with E-state index in [-0.39, 0.29) is 22.8 Å². The molecule has 1 aliphatic heterocycles. The van der Waals surface area contributed by atoms with Crippen molar-refractivity contribution < 1.29 is 14.0 Å². The highest BCUT2D eigenvalue weighted by Crippen LogP contribution is 2.43. The predicted molar refractivity (Wildman–Crippen MR) is 99.1 cm³/mol. The second-order valence-corrected chi connectivity index (χ2v) is 7.23. The number of carbonyl (C=O) groups excluding carboxylic acids is 2. The summed E-state index contributed by atoms with van der Waals surface area (Å²) in [5, 5.41) is 16.5. The van der Waals surface area contributed by atoms with E-state index in [0.717, 1.165) is 19.3 Å². The van der Waals surface area contributed by atoms with Crippen LogP contribution in [0.2, 0.25) is 0 Å². The fourth-order valence-electron chi connectivity index (χ4n) is 3.65. The van der Waals surface area contributed by atoms with Gasteiger partial charge in [0.25, 0.3) is 5.91 Å². The van der Waals surface area contributed by atoms with Gasteiger partial charge in [0, 0.05) is 24.7 Å². The number of aromatic nitrogens is 3. The number of amides is 2. The number of halogens is 1. The van der Waals surface area contributed by atoms with Crippen molar-refractivity contribution in [3.8, 4) is 0 Å². The standard InChI is InChI=1S/C19H21FN6O2/c20-12-3-1-9-21-16(12)19(7-2-8-19)11-23-15-5-4-14(25-26-15)18(28)24-13-6-10-22-17(13)27/h1,3-5,9,13H,2,6-8,10-11H2,(H,22,27)(H,23,26)(H,24,28)/t13-/m0/s1. The summed E-state index contributed by atoms with van der Waals surface area (Å²) >= 11 is 0. The zero-order chi connectivity index (χ0) is 19.6. The summed E-state index contributed by atoms with van der Waals surface area (Å²) in [5.74, 6) is -0.421. The second kappa shape index (κ2) is 7.49. The van der Waals surface area contributed by atoms with Crippen molar-refractivity contribution in [2.75, 3.05) is 18.4 Å². The summed E-state index contributed by atoms with van der Waals surface area (Å²) in [7, 11) is 0. The summed E-state index contributed by atoms with van der Waals surface area (Å²) < 4.78 is 14.2. The van der Waals surface area contributed by atoms with Gasteiger partial charge in [-0.05, 0) is 43.5 Å². The zero-order valence-electron chi connectivity index (χ0n) is 15.2. The van der Waals surface area contributed by atoms with E-state index < -0.39 is 11.9 Å². The molecule has 0 radical (unpaired) electrons.